The van der Waals surface area contributed by atoms with Crippen LogP contribution in [0, 0.1) is 0 Å². The van der Waals surface area contributed by atoms with Crippen molar-refractivity contribution in [2.45, 2.75) is 36.8 Å². The van der Waals surface area contributed by atoms with Crippen molar-refractivity contribution >= 4 is 33.0 Å². The van der Waals surface area contributed by atoms with Gasteiger partial charge in [0.1, 0.15) is 10.6 Å². The molecule has 0 bridgehead atoms. The quantitative estimate of drug-likeness (QED) is 0.381. The van der Waals surface area contributed by atoms with E-state index in [0.717, 1.165) is 30.6 Å². The molecule has 0 spiro atoms. The predicted octanol–water partition coefficient (Wildman–Crippen LogP) is 5.39. The van der Waals surface area contributed by atoms with Gasteiger partial charge in [0.2, 0.25) is 10.0 Å². The van der Waals surface area contributed by atoms with E-state index in [9.17, 15) is 8.42 Å². The summed E-state index contributed by atoms with van der Waals surface area (Å²) in [5.41, 5.74) is 0.854. The molecule has 2 aromatic carbocycles. The average molecular weight is 492 g/mol. The summed E-state index contributed by atoms with van der Waals surface area (Å²) in [4.78, 5) is 1.39. The van der Waals surface area contributed by atoms with Crippen molar-refractivity contribution in [2.24, 2.45) is 0 Å². The minimum absolute atomic E-state index is 0.113. The van der Waals surface area contributed by atoms with E-state index in [2.05, 4.69) is 11.4 Å². The average Bonchev–Trinajstić information content (AvgIpc) is 3.48. The van der Waals surface area contributed by atoms with Crippen LogP contribution in [0.25, 0.3) is 0 Å². The number of rotatable bonds is 10. The number of ether oxygens (including phenoxy) is 2. The Kier molecular flexibility index (Phi) is 7.86. The molecule has 0 amide bonds. The van der Waals surface area contributed by atoms with Crippen molar-refractivity contribution < 1.29 is 17.9 Å². The van der Waals surface area contributed by atoms with Crippen LogP contribution < -0.4 is 4.74 Å². The van der Waals surface area contributed by atoms with Crippen molar-refractivity contribution in [3.63, 3.8) is 0 Å². The molecule has 1 saturated heterocycles. The minimum atomic E-state index is -3.79. The highest BCUT2D eigenvalue weighted by atomic mass is 35.5. The zero-order chi connectivity index (χ0) is 22.4. The Morgan fingerprint density at radius 3 is 2.75 bits per heavy atom. The van der Waals surface area contributed by atoms with Gasteiger partial charge in [0.25, 0.3) is 0 Å². The fourth-order valence-electron chi connectivity index (χ4n) is 3.72. The molecule has 0 saturated carbocycles. The smallest absolute Gasteiger partial charge is 0.244 e. The maximum absolute atomic E-state index is 13.5. The molecule has 0 aliphatic carbocycles. The molecule has 1 aliphatic rings. The molecular formula is C24H26ClNO4S2. The highest BCUT2D eigenvalue weighted by Gasteiger charge is 2.30. The first-order valence-electron chi connectivity index (χ1n) is 10.6. The second-order valence-electron chi connectivity index (χ2n) is 7.69. The van der Waals surface area contributed by atoms with Crippen LogP contribution in [-0.2, 0) is 27.7 Å². The molecule has 8 heteroatoms. The lowest BCUT2D eigenvalue weighted by Gasteiger charge is -2.25. The van der Waals surface area contributed by atoms with Gasteiger partial charge in [-0.15, -0.1) is 11.3 Å². The van der Waals surface area contributed by atoms with Gasteiger partial charge >= 0.3 is 0 Å². The van der Waals surface area contributed by atoms with Crippen LogP contribution in [0.5, 0.6) is 5.75 Å². The summed E-state index contributed by atoms with van der Waals surface area (Å²) in [5.74, 6) is 0.728. The second-order valence-corrected chi connectivity index (χ2v) is 11.0. The number of benzene rings is 2. The SMILES string of the molecule is O=S(=O)(c1ccccc1Cl)N(Cc1cccc(OCCc2cccs2)c1)C[C@H]1CCCO1. The normalized spacial score (nSPS) is 16.5. The van der Waals surface area contributed by atoms with Gasteiger partial charge < -0.3 is 9.47 Å². The third-order valence-electron chi connectivity index (χ3n) is 5.34. The summed E-state index contributed by atoms with van der Waals surface area (Å²) in [5, 5.41) is 2.27. The van der Waals surface area contributed by atoms with Crippen LogP contribution in [0.4, 0.5) is 0 Å². The van der Waals surface area contributed by atoms with Crippen LogP contribution in [0.1, 0.15) is 23.3 Å². The summed E-state index contributed by atoms with van der Waals surface area (Å²) in [6.07, 6.45) is 2.52. The molecule has 4 rings (SSSR count). The highest BCUT2D eigenvalue weighted by Crippen LogP contribution is 2.28. The van der Waals surface area contributed by atoms with E-state index in [1.54, 1.807) is 35.6 Å². The maximum Gasteiger partial charge on any atom is 0.244 e. The maximum atomic E-state index is 13.5. The topological polar surface area (TPSA) is 55.8 Å². The van der Waals surface area contributed by atoms with Crippen LogP contribution in [0.2, 0.25) is 5.02 Å². The molecule has 1 atom stereocenters. The number of nitrogens with zero attached hydrogens (tertiary/aromatic N) is 1. The standard InChI is InChI=1S/C24H26ClNO4S2/c25-23-10-1-2-11-24(23)32(27,28)26(18-21-8-4-13-29-21)17-19-6-3-7-20(16-19)30-14-12-22-9-5-15-31-22/h1-3,5-7,9-11,15-16,21H,4,8,12-14,17-18H2/t21-/m1/s1. The van der Waals surface area contributed by atoms with E-state index in [1.807, 2.05) is 30.3 Å². The molecule has 170 valence electrons. The fraction of sp³-hybridized carbons (Fsp3) is 0.333. The summed E-state index contributed by atoms with van der Waals surface area (Å²) in [7, 11) is -3.79. The molecule has 32 heavy (non-hydrogen) atoms. The predicted molar refractivity (Wildman–Crippen MR) is 128 cm³/mol. The molecule has 1 fully saturated rings. The van der Waals surface area contributed by atoms with Crippen molar-refractivity contribution in [1.29, 1.82) is 0 Å². The molecule has 3 aromatic rings. The van der Waals surface area contributed by atoms with Crippen LogP contribution >= 0.6 is 22.9 Å². The van der Waals surface area contributed by atoms with E-state index in [-0.39, 0.29) is 29.1 Å². The Morgan fingerprint density at radius 2 is 2.00 bits per heavy atom. The molecule has 0 unspecified atom stereocenters. The minimum Gasteiger partial charge on any atom is -0.493 e. The lowest BCUT2D eigenvalue weighted by Crippen LogP contribution is -2.37. The molecule has 0 radical (unpaired) electrons. The first-order chi connectivity index (χ1) is 15.5. The van der Waals surface area contributed by atoms with Gasteiger partial charge in [-0.2, -0.15) is 4.31 Å². The number of hydrogen-bond donors (Lipinski definition) is 0. The summed E-state index contributed by atoms with van der Waals surface area (Å²) < 4.78 is 40.1. The molecule has 5 nitrogen and oxygen atoms in total. The van der Waals surface area contributed by atoms with Gasteiger partial charge in [-0.25, -0.2) is 8.42 Å². The van der Waals surface area contributed by atoms with Crippen molar-refractivity contribution in [3.05, 3.63) is 81.5 Å². The zero-order valence-corrected chi connectivity index (χ0v) is 20.0. The summed E-state index contributed by atoms with van der Waals surface area (Å²) >= 11 is 7.95. The number of halogens is 1. The van der Waals surface area contributed by atoms with Crippen molar-refractivity contribution in [3.8, 4) is 5.75 Å². The fourth-order valence-corrected chi connectivity index (χ4v) is 6.36. The van der Waals surface area contributed by atoms with E-state index in [0.29, 0.717) is 13.2 Å². The number of sulfonamides is 1. The van der Waals surface area contributed by atoms with E-state index >= 15 is 0 Å². The molecule has 2 heterocycles. The summed E-state index contributed by atoms with van der Waals surface area (Å²) in [6.45, 7) is 1.74. The second kappa shape index (κ2) is 10.8. The highest BCUT2D eigenvalue weighted by molar-refractivity contribution is 7.89. The Morgan fingerprint density at radius 1 is 1.12 bits per heavy atom. The Bertz CT molecular complexity index is 1110. The number of hydrogen-bond acceptors (Lipinski definition) is 5. The first-order valence-corrected chi connectivity index (χ1v) is 13.3. The lowest BCUT2D eigenvalue weighted by atomic mass is 10.2. The van der Waals surface area contributed by atoms with Crippen LogP contribution in [-0.4, -0.2) is 38.6 Å². The van der Waals surface area contributed by atoms with Gasteiger partial charge in [0.15, 0.2) is 0 Å². The first kappa shape index (κ1) is 23.3. The van der Waals surface area contributed by atoms with E-state index in [4.69, 9.17) is 21.1 Å². The molecule has 1 aliphatic heterocycles. The zero-order valence-electron chi connectivity index (χ0n) is 17.7. The lowest BCUT2D eigenvalue weighted by molar-refractivity contribution is 0.0926. The third kappa shape index (κ3) is 5.91. The monoisotopic (exact) mass is 491 g/mol. The van der Waals surface area contributed by atoms with Gasteiger partial charge in [-0.05, 0) is 54.1 Å². The van der Waals surface area contributed by atoms with Gasteiger partial charge in [0.05, 0.1) is 17.7 Å². The van der Waals surface area contributed by atoms with Crippen LogP contribution in [0.3, 0.4) is 0 Å². The van der Waals surface area contributed by atoms with Crippen molar-refractivity contribution in [2.75, 3.05) is 19.8 Å². The Hall–Kier alpha value is -1.90. The van der Waals surface area contributed by atoms with Gasteiger partial charge in [-0.1, -0.05) is 41.9 Å². The Balaban J connectivity index is 1.51. The van der Waals surface area contributed by atoms with Gasteiger partial charge in [-0.3, -0.25) is 0 Å². The molecule has 1 aromatic heterocycles. The largest absolute Gasteiger partial charge is 0.493 e. The van der Waals surface area contributed by atoms with Crippen molar-refractivity contribution in [1.82, 2.24) is 4.31 Å². The number of thiophene rings is 1. The van der Waals surface area contributed by atoms with Crippen LogP contribution in [0.15, 0.2) is 70.9 Å². The Labute approximate surface area is 198 Å². The third-order valence-corrected chi connectivity index (χ3v) is 8.59. The molecular weight excluding hydrogens is 466 g/mol. The molecule has 0 N–H and O–H groups in total. The van der Waals surface area contributed by atoms with E-state index < -0.39 is 10.0 Å². The van der Waals surface area contributed by atoms with Gasteiger partial charge in [0, 0.05) is 31.0 Å². The van der Waals surface area contributed by atoms with E-state index in [1.165, 1.54) is 9.18 Å². The summed E-state index contributed by atoms with van der Waals surface area (Å²) in [6, 6.07) is 18.3.